The van der Waals surface area contributed by atoms with E-state index in [1.807, 2.05) is 26.8 Å². The number of carbonyl (C=O) groups is 1. The van der Waals surface area contributed by atoms with Crippen LogP contribution in [0.2, 0.25) is 0 Å². The van der Waals surface area contributed by atoms with Gasteiger partial charge < -0.3 is 14.7 Å². The molecule has 1 spiro atoms. The highest BCUT2D eigenvalue weighted by atomic mass is 16.6. The second kappa shape index (κ2) is 3.36. The Hall–Kier alpha value is -1.28. The number of amides is 1. The minimum absolute atomic E-state index is 0.0403. The molecule has 1 aliphatic carbocycles. The minimum Gasteiger partial charge on any atom is -0.444 e. The average Bonchev–Trinajstić information content (AvgIpc) is 2.05. The summed E-state index contributed by atoms with van der Waals surface area (Å²) in [6.07, 6.45) is 0.626. The molecule has 1 saturated heterocycles. The number of likely N-dealkylation sites (tertiary alicyclic amines) is 1. The standard InChI is InChI=1S/C12H18N2O3/c1-10(2,3)17-9(15)14-7-11(8-14)4-12(16,5-11)6-13/h16H,4-5,7-8H2,1-3H3. The maximum atomic E-state index is 11.7. The zero-order valence-corrected chi connectivity index (χ0v) is 10.5. The van der Waals surface area contributed by atoms with E-state index < -0.39 is 11.2 Å². The van der Waals surface area contributed by atoms with Gasteiger partial charge in [0.25, 0.3) is 0 Å². The number of rotatable bonds is 0. The molecule has 2 rings (SSSR count). The van der Waals surface area contributed by atoms with E-state index in [2.05, 4.69) is 0 Å². The fourth-order valence-electron chi connectivity index (χ4n) is 2.71. The van der Waals surface area contributed by atoms with E-state index in [0.717, 1.165) is 0 Å². The predicted octanol–water partition coefficient (Wildman–Crippen LogP) is 1.27. The molecule has 2 fully saturated rings. The molecule has 17 heavy (non-hydrogen) atoms. The molecule has 1 amide bonds. The third kappa shape index (κ3) is 2.22. The smallest absolute Gasteiger partial charge is 0.410 e. The summed E-state index contributed by atoms with van der Waals surface area (Å²) in [5.74, 6) is 0. The molecule has 2 aliphatic rings. The summed E-state index contributed by atoms with van der Waals surface area (Å²) in [6.45, 7) is 6.67. The first-order valence-electron chi connectivity index (χ1n) is 5.79. The SMILES string of the molecule is CC(C)(C)OC(=O)N1CC2(C1)CC(O)(C#N)C2. The first kappa shape index (κ1) is 12.2. The Bertz CT molecular complexity index is 378. The van der Waals surface area contributed by atoms with Gasteiger partial charge in [-0.25, -0.2) is 4.79 Å². The van der Waals surface area contributed by atoms with E-state index in [4.69, 9.17) is 10.00 Å². The molecule has 0 bridgehead atoms. The van der Waals surface area contributed by atoms with Crippen molar-refractivity contribution >= 4 is 6.09 Å². The van der Waals surface area contributed by atoms with Crippen molar-refractivity contribution in [3.8, 4) is 6.07 Å². The third-order valence-corrected chi connectivity index (χ3v) is 3.25. The molecule has 1 heterocycles. The lowest BCUT2D eigenvalue weighted by molar-refractivity contribution is -0.157. The summed E-state index contributed by atoms with van der Waals surface area (Å²) < 4.78 is 5.24. The molecule has 1 aliphatic heterocycles. The normalized spacial score (nSPS) is 24.5. The third-order valence-electron chi connectivity index (χ3n) is 3.25. The molecule has 0 radical (unpaired) electrons. The van der Waals surface area contributed by atoms with Gasteiger partial charge in [0.1, 0.15) is 5.60 Å². The van der Waals surface area contributed by atoms with Crippen LogP contribution in [0.3, 0.4) is 0 Å². The van der Waals surface area contributed by atoms with Crippen LogP contribution in [0.1, 0.15) is 33.6 Å². The van der Waals surface area contributed by atoms with E-state index in [-0.39, 0.29) is 11.5 Å². The Morgan fingerprint density at radius 2 is 1.94 bits per heavy atom. The molecular weight excluding hydrogens is 220 g/mol. The van der Waals surface area contributed by atoms with Gasteiger partial charge in [0, 0.05) is 18.5 Å². The van der Waals surface area contributed by atoms with Gasteiger partial charge in [0.15, 0.2) is 5.60 Å². The lowest BCUT2D eigenvalue weighted by Gasteiger charge is -2.59. The number of hydrogen-bond acceptors (Lipinski definition) is 4. The van der Waals surface area contributed by atoms with Gasteiger partial charge in [-0.2, -0.15) is 5.26 Å². The number of nitrogens with zero attached hydrogens (tertiary/aromatic N) is 2. The summed E-state index contributed by atoms with van der Waals surface area (Å²) in [5.41, 5.74) is -1.69. The number of aliphatic hydroxyl groups is 1. The van der Waals surface area contributed by atoms with Crippen LogP contribution >= 0.6 is 0 Å². The van der Waals surface area contributed by atoms with Crippen molar-refractivity contribution in [3.05, 3.63) is 0 Å². The van der Waals surface area contributed by atoms with Gasteiger partial charge >= 0.3 is 6.09 Å². The quantitative estimate of drug-likeness (QED) is 0.645. The van der Waals surface area contributed by atoms with E-state index in [9.17, 15) is 9.90 Å². The molecule has 0 atom stereocenters. The number of nitriles is 1. The van der Waals surface area contributed by atoms with Crippen LogP contribution in [0.15, 0.2) is 0 Å². The molecule has 0 aromatic rings. The number of ether oxygens (including phenoxy) is 1. The zero-order valence-electron chi connectivity index (χ0n) is 10.5. The topological polar surface area (TPSA) is 73.6 Å². The Morgan fingerprint density at radius 3 is 2.35 bits per heavy atom. The lowest BCUT2D eigenvalue weighted by Crippen LogP contribution is -2.68. The second-order valence-electron chi connectivity index (χ2n) is 6.33. The molecule has 0 aromatic carbocycles. The Balaban J connectivity index is 1.81. The van der Waals surface area contributed by atoms with Crippen molar-refractivity contribution in [2.75, 3.05) is 13.1 Å². The lowest BCUT2D eigenvalue weighted by atomic mass is 9.56. The van der Waals surface area contributed by atoms with Crippen molar-refractivity contribution in [1.82, 2.24) is 4.90 Å². The summed E-state index contributed by atoms with van der Waals surface area (Å²) >= 11 is 0. The molecule has 5 nitrogen and oxygen atoms in total. The first-order valence-corrected chi connectivity index (χ1v) is 5.79. The maximum absolute atomic E-state index is 11.7. The van der Waals surface area contributed by atoms with Gasteiger partial charge in [-0.3, -0.25) is 0 Å². The van der Waals surface area contributed by atoms with Crippen molar-refractivity contribution in [2.24, 2.45) is 5.41 Å². The fraction of sp³-hybridized carbons (Fsp3) is 0.833. The number of carbonyl (C=O) groups excluding carboxylic acids is 1. The van der Waals surface area contributed by atoms with E-state index in [0.29, 0.717) is 25.9 Å². The van der Waals surface area contributed by atoms with Crippen LogP contribution in [-0.2, 0) is 4.74 Å². The van der Waals surface area contributed by atoms with E-state index >= 15 is 0 Å². The summed E-state index contributed by atoms with van der Waals surface area (Å²) in [6, 6.07) is 1.90. The summed E-state index contributed by atoms with van der Waals surface area (Å²) in [5, 5.41) is 18.4. The monoisotopic (exact) mass is 238 g/mol. The van der Waals surface area contributed by atoms with Crippen LogP contribution in [0.25, 0.3) is 0 Å². The summed E-state index contributed by atoms with van der Waals surface area (Å²) in [4.78, 5) is 13.3. The summed E-state index contributed by atoms with van der Waals surface area (Å²) in [7, 11) is 0. The predicted molar refractivity (Wildman–Crippen MR) is 60.0 cm³/mol. The molecule has 0 unspecified atom stereocenters. The molecule has 0 aromatic heterocycles. The molecular formula is C12H18N2O3. The maximum Gasteiger partial charge on any atom is 0.410 e. The van der Waals surface area contributed by atoms with Gasteiger partial charge in [-0.1, -0.05) is 0 Å². The van der Waals surface area contributed by atoms with Crippen molar-refractivity contribution in [3.63, 3.8) is 0 Å². The molecule has 5 heteroatoms. The molecule has 1 saturated carbocycles. The molecule has 1 N–H and O–H groups in total. The van der Waals surface area contributed by atoms with Crippen LogP contribution < -0.4 is 0 Å². The Morgan fingerprint density at radius 1 is 1.41 bits per heavy atom. The van der Waals surface area contributed by atoms with Crippen LogP contribution in [0, 0.1) is 16.7 Å². The fourth-order valence-corrected chi connectivity index (χ4v) is 2.71. The highest BCUT2D eigenvalue weighted by molar-refractivity contribution is 5.69. The van der Waals surface area contributed by atoms with Gasteiger partial charge in [0.2, 0.25) is 0 Å². The zero-order chi connectivity index (χ0) is 12.9. The second-order valence-corrected chi connectivity index (χ2v) is 6.33. The van der Waals surface area contributed by atoms with E-state index in [1.54, 1.807) is 4.90 Å². The van der Waals surface area contributed by atoms with E-state index in [1.165, 1.54) is 0 Å². The largest absolute Gasteiger partial charge is 0.444 e. The van der Waals surface area contributed by atoms with Crippen molar-refractivity contribution in [2.45, 2.75) is 44.8 Å². The first-order chi connectivity index (χ1) is 7.67. The van der Waals surface area contributed by atoms with Crippen LogP contribution in [0.5, 0.6) is 0 Å². The Kier molecular flexibility index (Phi) is 2.41. The van der Waals surface area contributed by atoms with Crippen molar-refractivity contribution in [1.29, 1.82) is 5.26 Å². The van der Waals surface area contributed by atoms with Crippen LogP contribution in [0.4, 0.5) is 4.79 Å². The molecule has 94 valence electrons. The number of hydrogen-bond donors (Lipinski definition) is 1. The van der Waals surface area contributed by atoms with Gasteiger partial charge in [0.05, 0.1) is 6.07 Å². The van der Waals surface area contributed by atoms with Crippen LogP contribution in [-0.4, -0.2) is 40.4 Å². The average molecular weight is 238 g/mol. The Labute approximate surface area is 101 Å². The van der Waals surface area contributed by atoms with Gasteiger partial charge in [-0.05, 0) is 33.6 Å². The minimum atomic E-state index is -1.17. The van der Waals surface area contributed by atoms with Crippen molar-refractivity contribution < 1.29 is 14.6 Å². The highest BCUT2D eigenvalue weighted by Gasteiger charge is 2.61. The highest BCUT2D eigenvalue weighted by Crippen LogP contribution is 2.53. The van der Waals surface area contributed by atoms with Gasteiger partial charge in [-0.15, -0.1) is 0 Å².